The highest BCUT2D eigenvalue weighted by molar-refractivity contribution is 5.83. The summed E-state index contributed by atoms with van der Waals surface area (Å²) in [5, 5.41) is 13.4. The fourth-order valence-corrected chi connectivity index (χ4v) is 4.49. The summed E-state index contributed by atoms with van der Waals surface area (Å²) in [4.78, 5) is 50.6. The Labute approximate surface area is 232 Å². The Bertz CT molecular complexity index is 972. The van der Waals surface area contributed by atoms with Crippen molar-refractivity contribution in [3.8, 4) is 11.5 Å². The SMILES string of the molecule is CCCCC(=O)Oc1ccc(C[C@](NC(C)CC)(OC(=O)C2CCCCC2)C(=O)O)cc1OC(=O)CCCC. The Balaban J connectivity index is 2.41. The lowest BCUT2D eigenvalue weighted by atomic mass is 9.89. The minimum Gasteiger partial charge on any atom is -0.477 e. The van der Waals surface area contributed by atoms with Crippen LogP contribution in [0.15, 0.2) is 18.2 Å². The average molecular weight is 548 g/mol. The highest BCUT2D eigenvalue weighted by Crippen LogP contribution is 2.33. The van der Waals surface area contributed by atoms with Gasteiger partial charge in [0.05, 0.1) is 5.92 Å². The molecule has 0 aromatic heterocycles. The van der Waals surface area contributed by atoms with Crippen molar-refractivity contribution in [2.24, 2.45) is 5.92 Å². The summed E-state index contributed by atoms with van der Waals surface area (Å²) in [5.41, 5.74) is -1.58. The van der Waals surface area contributed by atoms with E-state index in [4.69, 9.17) is 14.2 Å². The van der Waals surface area contributed by atoms with Crippen LogP contribution >= 0.6 is 0 Å². The number of carboxylic acids is 1. The summed E-state index contributed by atoms with van der Waals surface area (Å²) in [6.07, 6.45) is 7.97. The van der Waals surface area contributed by atoms with E-state index in [1.165, 1.54) is 12.1 Å². The van der Waals surface area contributed by atoms with Gasteiger partial charge in [-0.2, -0.15) is 0 Å². The Morgan fingerprint density at radius 1 is 0.949 bits per heavy atom. The lowest BCUT2D eigenvalue weighted by Crippen LogP contribution is -2.60. The smallest absolute Gasteiger partial charge is 0.364 e. The number of unbranched alkanes of at least 4 members (excludes halogenated alkanes) is 2. The van der Waals surface area contributed by atoms with E-state index >= 15 is 0 Å². The largest absolute Gasteiger partial charge is 0.477 e. The van der Waals surface area contributed by atoms with Crippen molar-refractivity contribution in [1.29, 1.82) is 0 Å². The standard InChI is InChI=1S/C30H45NO8/c1-5-8-15-26(32)37-24-18-17-22(19-25(24)38-27(33)16-9-6-2)20-30(29(35)36,31-21(4)7-3)39-28(34)23-13-11-10-12-14-23/h17-19,21,23,31H,5-16,20H2,1-4H3,(H,35,36)/t21?,30-/m0/s1. The van der Waals surface area contributed by atoms with Crippen molar-refractivity contribution < 1.29 is 38.5 Å². The van der Waals surface area contributed by atoms with E-state index in [0.29, 0.717) is 37.7 Å². The molecule has 1 aromatic rings. The molecule has 39 heavy (non-hydrogen) atoms. The van der Waals surface area contributed by atoms with Crippen LogP contribution in [0.3, 0.4) is 0 Å². The number of carbonyl (C=O) groups excluding carboxylic acids is 3. The molecule has 218 valence electrons. The first-order valence-electron chi connectivity index (χ1n) is 14.4. The molecule has 1 unspecified atom stereocenters. The zero-order valence-corrected chi connectivity index (χ0v) is 23.9. The molecule has 1 aromatic carbocycles. The van der Waals surface area contributed by atoms with Gasteiger partial charge in [0.25, 0.3) is 5.72 Å². The number of carbonyl (C=O) groups is 4. The zero-order valence-electron chi connectivity index (χ0n) is 23.9. The number of nitrogens with one attached hydrogen (secondary N) is 1. The maximum absolute atomic E-state index is 13.1. The van der Waals surface area contributed by atoms with E-state index in [9.17, 15) is 24.3 Å². The van der Waals surface area contributed by atoms with Gasteiger partial charge in [0.15, 0.2) is 11.5 Å². The van der Waals surface area contributed by atoms with Gasteiger partial charge in [-0.25, -0.2) is 4.79 Å². The van der Waals surface area contributed by atoms with Crippen LogP contribution in [-0.2, 0) is 30.3 Å². The van der Waals surface area contributed by atoms with Gasteiger partial charge in [0.1, 0.15) is 0 Å². The lowest BCUT2D eigenvalue weighted by Gasteiger charge is -2.35. The van der Waals surface area contributed by atoms with Crippen LogP contribution in [0.4, 0.5) is 0 Å². The lowest BCUT2D eigenvalue weighted by molar-refractivity contribution is -0.188. The molecule has 0 amide bonds. The van der Waals surface area contributed by atoms with Crippen LogP contribution in [0, 0.1) is 5.92 Å². The summed E-state index contributed by atoms with van der Waals surface area (Å²) in [7, 11) is 0. The summed E-state index contributed by atoms with van der Waals surface area (Å²) >= 11 is 0. The number of benzene rings is 1. The molecule has 2 atom stereocenters. The van der Waals surface area contributed by atoms with Gasteiger partial charge in [-0.1, -0.05) is 58.9 Å². The van der Waals surface area contributed by atoms with E-state index in [-0.39, 0.29) is 42.7 Å². The number of aliphatic carboxylic acids is 1. The van der Waals surface area contributed by atoms with Gasteiger partial charge >= 0.3 is 23.9 Å². The first-order valence-corrected chi connectivity index (χ1v) is 14.4. The molecular weight excluding hydrogens is 502 g/mol. The molecule has 9 nitrogen and oxygen atoms in total. The van der Waals surface area contributed by atoms with Gasteiger partial charge in [-0.05, 0) is 56.7 Å². The third-order valence-electron chi connectivity index (χ3n) is 7.03. The molecule has 1 aliphatic rings. The van der Waals surface area contributed by atoms with Gasteiger partial charge in [-0.15, -0.1) is 0 Å². The molecule has 0 saturated heterocycles. The number of esters is 3. The molecule has 0 bridgehead atoms. The predicted octanol–water partition coefficient (Wildman–Crippen LogP) is 5.71. The van der Waals surface area contributed by atoms with Crippen molar-refractivity contribution in [3.63, 3.8) is 0 Å². The van der Waals surface area contributed by atoms with Crippen molar-refractivity contribution in [2.45, 2.75) is 123 Å². The zero-order chi connectivity index (χ0) is 28.8. The topological polar surface area (TPSA) is 128 Å². The summed E-state index contributed by atoms with van der Waals surface area (Å²) in [6.45, 7) is 7.65. The Kier molecular flexibility index (Phi) is 13.4. The van der Waals surface area contributed by atoms with Gasteiger partial charge in [-0.3, -0.25) is 19.7 Å². The average Bonchev–Trinajstić information content (AvgIpc) is 2.92. The van der Waals surface area contributed by atoms with Crippen LogP contribution in [0.2, 0.25) is 0 Å². The highest BCUT2D eigenvalue weighted by atomic mass is 16.6. The minimum absolute atomic E-state index is 0.0277. The molecule has 1 saturated carbocycles. The third-order valence-corrected chi connectivity index (χ3v) is 7.03. The number of hydrogen-bond donors (Lipinski definition) is 2. The van der Waals surface area contributed by atoms with Crippen molar-refractivity contribution in [1.82, 2.24) is 5.32 Å². The predicted molar refractivity (Wildman–Crippen MR) is 146 cm³/mol. The van der Waals surface area contributed by atoms with Crippen LogP contribution in [0.25, 0.3) is 0 Å². The molecule has 0 radical (unpaired) electrons. The maximum Gasteiger partial charge on any atom is 0.364 e. The van der Waals surface area contributed by atoms with Crippen LogP contribution in [0.5, 0.6) is 11.5 Å². The van der Waals surface area contributed by atoms with Gasteiger partial charge < -0.3 is 19.3 Å². The molecular formula is C30H45NO8. The maximum atomic E-state index is 13.1. The molecule has 0 aliphatic heterocycles. The minimum atomic E-state index is -2.02. The molecule has 0 heterocycles. The number of rotatable bonds is 16. The fraction of sp³-hybridized carbons (Fsp3) is 0.667. The molecule has 1 aliphatic carbocycles. The first kappa shape index (κ1) is 32.3. The molecule has 0 spiro atoms. The van der Waals surface area contributed by atoms with Crippen LogP contribution in [-0.4, -0.2) is 40.8 Å². The van der Waals surface area contributed by atoms with Crippen LogP contribution in [0.1, 0.15) is 110 Å². The third kappa shape index (κ3) is 10.3. The highest BCUT2D eigenvalue weighted by Gasteiger charge is 2.45. The van der Waals surface area contributed by atoms with E-state index in [0.717, 1.165) is 32.1 Å². The van der Waals surface area contributed by atoms with E-state index < -0.39 is 29.6 Å². The quantitative estimate of drug-likeness (QED) is 0.152. The summed E-state index contributed by atoms with van der Waals surface area (Å²) < 4.78 is 16.8. The van der Waals surface area contributed by atoms with Gasteiger partial charge in [0.2, 0.25) is 0 Å². The second-order valence-electron chi connectivity index (χ2n) is 10.5. The first-order chi connectivity index (χ1) is 18.6. The van der Waals surface area contributed by atoms with Crippen molar-refractivity contribution >= 4 is 23.9 Å². The number of carboxylic acid groups (broad SMARTS) is 1. The second-order valence-corrected chi connectivity index (χ2v) is 10.5. The normalized spacial score (nSPS) is 16.1. The van der Waals surface area contributed by atoms with E-state index in [1.54, 1.807) is 6.07 Å². The molecule has 9 heteroatoms. The van der Waals surface area contributed by atoms with E-state index in [2.05, 4.69) is 5.32 Å². The monoisotopic (exact) mass is 547 g/mol. The summed E-state index contributed by atoms with van der Waals surface area (Å²) in [6, 6.07) is 4.30. The fourth-order valence-electron chi connectivity index (χ4n) is 4.49. The molecule has 1 fully saturated rings. The van der Waals surface area contributed by atoms with Crippen LogP contribution < -0.4 is 14.8 Å². The second kappa shape index (κ2) is 16.2. The van der Waals surface area contributed by atoms with E-state index in [1.807, 2.05) is 27.7 Å². The summed E-state index contributed by atoms with van der Waals surface area (Å²) in [5.74, 6) is -3.00. The van der Waals surface area contributed by atoms with Crippen molar-refractivity contribution in [2.75, 3.05) is 0 Å². The number of ether oxygens (including phenoxy) is 3. The van der Waals surface area contributed by atoms with Gasteiger partial charge in [0, 0.05) is 25.3 Å². The number of hydrogen-bond acceptors (Lipinski definition) is 8. The Hall–Kier alpha value is -2.94. The molecule has 2 N–H and O–H groups in total. The Morgan fingerprint density at radius 3 is 2.08 bits per heavy atom. The Morgan fingerprint density at radius 2 is 1.54 bits per heavy atom. The van der Waals surface area contributed by atoms with Crippen molar-refractivity contribution in [3.05, 3.63) is 23.8 Å². The molecule has 2 rings (SSSR count).